The summed E-state index contributed by atoms with van der Waals surface area (Å²) >= 11 is 0. The highest BCUT2D eigenvalue weighted by Gasteiger charge is 2.10. The van der Waals surface area contributed by atoms with Crippen molar-refractivity contribution in [2.75, 3.05) is 20.2 Å². The van der Waals surface area contributed by atoms with Gasteiger partial charge in [-0.1, -0.05) is 30.3 Å². The van der Waals surface area contributed by atoms with Crippen molar-refractivity contribution < 1.29 is 13.9 Å². The topological polar surface area (TPSA) is 34.5 Å². The van der Waals surface area contributed by atoms with Gasteiger partial charge in [-0.05, 0) is 29.7 Å². The van der Waals surface area contributed by atoms with E-state index in [0.29, 0.717) is 19.5 Å². The van der Waals surface area contributed by atoms with E-state index in [1.165, 1.54) is 11.5 Å². The van der Waals surface area contributed by atoms with Crippen LogP contribution in [-0.2, 0) is 11.3 Å². The first-order valence-electron chi connectivity index (χ1n) is 8.30. The third-order valence-electron chi connectivity index (χ3n) is 4.19. The van der Waals surface area contributed by atoms with E-state index in [2.05, 4.69) is 10.6 Å². The molecule has 0 fully saturated rings. The van der Waals surface area contributed by atoms with Crippen molar-refractivity contribution in [3.05, 3.63) is 66.6 Å². The molecule has 0 unspecified atom stereocenters. The summed E-state index contributed by atoms with van der Waals surface area (Å²) in [5.41, 5.74) is 1.13. The Bertz CT molecular complexity index is 860. The molecule has 0 atom stereocenters. The lowest BCUT2D eigenvalue weighted by Crippen LogP contribution is -2.31. The Morgan fingerprint density at radius 2 is 1.88 bits per heavy atom. The molecule has 2 aromatic carbocycles. The van der Waals surface area contributed by atoms with Crippen molar-refractivity contribution in [2.24, 2.45) is 0 Å². The van der Waals surface area contributed by atoms with E-state index >= 15 is 0 Å². The van der Waals surface area contributed by atoms with E-state index in [9.17, 15) is 9.18 Å². The first-order chi connectivity index (χ1) is 12.1. The molecule has 0 aliphatic carbocycles. The molecule has 0 spiro atoms. The summed E-state index contributed by atoms with van der Waals surface area (Å²) in [5.74, 6) is -0.145. The van der Waals surface area contributed by atoms with Crippen molar-refractivity contribution in [3.8, 4) is 5.75 Å². The number of carbonyl (C=O) groups excluding carboxylic acids is 1. The van der Waals surface area contributed by atoms with E-state index in [0.717, 1.165) is 5.52 Å². The number of hydrogen-bond donors (Lipinski definition) is 0. The number of aromatic nitrogens is 1. The predicted octanol–water partition coefficient (Wildman–Crippen LogP) is 3.71. The van der Waals surface area contributed by atoms with E-state index in [1.54, 1.807) is 30.1 Å². The van der Waals surface area contributed by atoms with Crippen LogP contribution in [0.1, 0.15) is 6.42 Å². The van der Waals surface area contributed by atoms with Crippen LogP contribution in [0.15, 0.2) is 60.8 Å². The Hall–Kier alpha value is -2.82. The molecule has 3 rings (SSSR count). The zero-order chi connectivity index (χ0) is 17.6. The number of aryl methyl sites for hydroxylation is 1. The number of likely N-dealkylation sites (N-methyl/N-ethyl adjacent to an activating group) is 1. The van der Waals surface area contributed by atoms with Crippen LogP contribution in [0, 0.1) is 5.82 Å². The number of hydrogen-bond acceptors (Lipinski definition) is 2. The fraction of sp³-hybridized carbons (Fsp3) is 0.250. The van der Waals surface area contributed by atoms with Crippen molar-refractivity contribution in [1.29, 1.82) is 0 Å². The highest BCUT2D eigenvalue weighted by atomic mass is 19.1. The summed E-state index contributed by atoms with van der Waals surface area (Å²) in [6.07, 6.45) is 2.41. The summed E-state index contributed by atoms with van der Waals surface area (Å²) in [7, 11) is 1.74. The van der Waals surface area contributed by atoms with Crippen molar-refractivity contribution in [2.45, 2.75) is 13.0 Å². The van der Waals surface area contributed by atoms with E-state index in [-0.39, 0.29) is 18.3 Å². The minimum atomic E-state index is -0.393. The number of carbonyl (C=O) groups is 1. The van der Waals surface area contributed by atoms with Crippen molar-refractivity contribution >= 4 is 16.8 Å². The van der Waals surface area contributed by atoms with Gasteiger partial charge < -0.3 is 14.2 Å². The Morgan fingerprint density at radius 3 is 2.72 bits per heavy atom. The second-order valence-corrected chi connectivity index (χ2v) is 5.91. The van der Waals surface area contributed by atoms with Crippen LogP contribution in [0.25, 0.3) is 10.9 Å². The lowest BCUT2D eigenvalue weighted by atomic mass is 10.2. The Labute approximate surface area is 146 Å². The molecule has 0 saturated carbocycles. The lowest BCUT2D eigenvalue weighted by Gasteiger charge is -2.18. The second kappa shape index (κ2) is 7.83. The number of rotatable bonds is 7. The Morgan fingerprint density at radius 1 is 1.12 bits per heavy atom. The normalized spacial score (nSPS) is 10.8. The van der Waals surface area contributed by atoms with Gasteiger partial charge in [0.2, 0.25) is 5.91 Å². The largest absolute Gasteiger partial charge is 0.489 e. The average molecular weight is 340 g/mol. The molecule has 4 nitrogen and oxygen atoms in total. The van der Waals surface area contributed by atoms with Crippen LogP contribution in [-0.4, -0.2) is 35.6 Å². The molecule has 0 bridgehead atoms. The number of ether oxygens (including phenoxy) is 1. The SMILES string of the molecule is CN(CCOc1ccccc1F)C(=O)CCn1ccc2ccccc21. The van der Waals surface area contributed by atoms with Crippen molar-refractivity contribution in [1.82, 2.24) is 9.47 Å². The molecular weight excluding hydrogens is 319 g/mol. The molecule has 25 heavy (non-hydrogen) atoms. The fourth-order valence-electron chi connectivity index (χ4n) is 2.72. The minimum Gasteiger partial charge on any atom is -0.489 e. The molecular formula is C20H21FN2O2. The van der Waals surface area contributed by atoms with Gasteiger partial charge >= 0.3 is 0 Å². The molecule has 0 aliphatic rings. The molecule has 0 saturated heterocycles. The Balaban J connectivity index is 1.47. The number of nitrogens with zero attached hydrogens (tertiary/aromatic N) is 2. The summed E-state index contributed by atoms with van der Waals surface area (Å²) in [6, 6.07) is 16.4. The van der Waals surface area contributed by atoms with Gasteiger partial charge in [0.25, 0.3) is 0 Å². The molecule has 1 aromatic heterocycles. The van der Waals surface area contributed by atoms with Crippen LogP contribution in [0.5, 0.6) is 5.75 Å². The van der Waals surface area contributed by atoms with Gasteiger partial charge in [0.1, 0.15) is 6.61 Å². The molecule has 0 N–H and O–H groups in total. The van der Waals surface area contributed by atoms with Crippen molar-refractivity contribution in [3.63, 3.8) is 0 Å². The highest BCUT2D eigenvalue weighted by molar-refractivity contribution is 5.80. The number of fused-ring (bicyclic) bond motifs is 1. The number of halogens is 1. The minimum absolute atomic E-state index is 0.0370. The number of para-hydroxylation sites is 2. The first-order valence-corrected chi connectivity index (χ1v) is 8.30. The average Bonchev–Trinajstić information content (AvgIpc) is 3.04. The third kappa shape index (κ3) is 4.18. The summed E-state index contributed by atoms with van der Waals surface area (Å²) in [4.78, 5) is 13.9. The summed E-state index contributed by atoms with van der Waals surface area (Å²) in [6.45, 7) is 1.31. The lowest BCUT2D eigenvalue weighted by molar-refractivity contribution is -0.130. The van der Waals surface area contributed by atoms with Gasteiger partial charge in [0.05, 0.1) is 6.54 Å². The van der Waals surface area contributed by atoms with Gasteiger partial charge in [-0.3, -0.25) is 4.79 Å². The Kier molecular flexibility index (Phi) is 5.33. The van der Waals surface area contributed by atoms with Gasteiger partial charge in [0, 0.05) is 31.7 Å². The van der Waals surface area contributed by atoms with Crippen LogP contribution in [0.4, 0.5) is 4.39 Å². The maximum atomic E-state index is 13.5. The zero-order valence-electron chi connectivity index (χ0n) is 14.2. The molecule has 5 heteroatoms. The smallest absolute Gasteiger partial charge is 0.224 e. The summed E-state index contributed by atoms with van der Waals surface area (Å²) in [5, 5.41) is 1.17. The standard InChI is InChI=1S/C20H21FN2O2/c1-22(14-15-25-19-9-5-3-7-17(19)21)20(24)11-13-23-12-10-16-6-2-4-8-18(16)23/h2-10,12H,11,13-15H2,1H3. The molecule has 1 amide bonds. The molecule has 0 aliphatic heterocycles. The summed E-state index contributed by atoms with van der Waals surface area (Å²) < 4.78 is 20.9. The maximum Gasteiger partial charge on any atom is 0.224 e. The number of benzene rings is 2. The third-order valence-corrected chi connectivity index (χ3v) is 4.19. The van der Waals surface area contributed by atoms with Gasteiger partial charge in [0.15, 0.2) is 11.6 Å². The van der Waals surface area contributed by atoms with Gasteiger partial charge in [-0.25, -0.2) is 4.39 Å². The van der Waals surface area contributed by atoms with Gasteiger partial charge in [-0.2, -0.15) is 0 Å². The maximum absolute atomic E-state index is 13.5. The predicted molar refractivity (Wildman–Crippen MR) is 96.1 cm³/mol. The second-order valence-electron chi connectivity index (χ2n) is 5.91. The first kappa shape index (κ1) is 17.0. The van der Waals surface area contributed by atoms with Crippen LogP contribution >= 0.6 is 0 Å². The molecule has 130 valence electrons. The van der Waals surface area contributed by atoms with Crippen LogP contribution in [0.3, 0.4) is 0 Å². The monoisotopic (exact) mass is 340 g/mol. The zero-order valence-corrected chi connectivity index (χ0v) is 14.2. The highest BCUT2D eigenvalue weighted by Crippen LogP contribution is 2.16. The molecule has 3 aromatic rings. The van der Waals surface area contributed by atoms with Crippen LogP contribution in [0.2, 0.25) is 0 Å². The van der Waals surface area contributed by atoms with Crippen LogP contribution < -0.4 is 4.74 Å². The van der Waals surface area contributed by atoms with E-state index in [4.69, 9.17) is 4.74 Å². The molecule has 0 radical (unpaired) electrons. The fourth-order valence-corrected chi connectivity index (χ4v) is 2.72. The molecule has 1 heterocycles. The van der Waals surface area contributed by atoms with E-state index in [1.807, 2.05) is 30.5 Å². The van der Waals surface area contributed by atoms with E-state index < -0.39 is 5.82 Å². The number of amides is 1. The van der Waals surface area contributed by atoms with Gasteiger partial charge in [-0.15, -0.1) is 0 Å². The quantitative estimate of drug-likeness (QED) is 0.657.